The summed E-state index contributed by atoms with van der Waals surface area (Å²) < 4.78 is 0. The van der Waals surface area contributed by atoms with Crippen LogP contribution in [0.3, 0.4) is 0 Å². The van der Waals surface area contributed by atoms with Gasteiger partial charge in [-0.3, -0.25) is 4.79 Å². The number of phenolic OH excluding ortho intramolecular Hbond substituents is 1. The highest BCUT2D eigenvalue weighted by Gasteiger charge is 2.09. The summed E-state index contributed by atoms with van der Waals surface area (Å²) in [6, 6.07) is 9.76. The summed E-state index contributed by atoms with van der Waals surface area (Å²) in [5.74, 6) is -0.0201. The van der Waals surface area contributed by atoms with Crippen LogP contribution in [0.2, 0.25) is 0 Å². The molecule has 0 aliphatic rings. The Morgan fingerprint density at radius 2 is 2.07 bits per heavy atom. The van der Waals surface area contributed by atoms with Crippen LogP contribution < -0.4 is 0 Å². The molecule has 0 saturated carbocycles. The van der Waals surface area contributed by atoms with Crippen LogP contribution in [0.4, 0.5) is 0 Å². The summed E-state index contributed by atoms with van der Waals surface area (Å²) in [4.78, 5) is 14.5. The molecule has 3 heteroatoms. The number of phenols is 1. The van der Waals surface area contributed by atoms with Crippen LogP contribution in [-0.4, -0.2) is 15.9 Å². The Labute approximate surface area is 81.0 Å². The monoisotopic (exact) mass is 187 g/mol. The molecule has 0 saturated heterocycles. The van der Waals surface area contributed by atoms with E-state index in [4.69, 9.17) is 0 Å². The zero-order chi connectivity index (χ0) is 9.97. The Morgan fingerprint density at radius 1 is 1.21 bits per heavy atom. The zero-order valence-electron chi connectivity index (χ0n) is 7.40. The maximum atomic E-state index is 11.7. The summed E-state index contributed by atoms with van der Waals surface area (Å²) in [5.41, 5.74) is 1.00. The van der Waals surface area contributed by atoms with Crippen molar-refractivity contribution in [3.63, 3.8) is 0 Å². The minimum absolute atomic E-state index is 0.0995. The standard InChI is InChI=1S/C11H9NO2/c13-9-4-1-3-8(7-9)11(14)10-5-2-6-12-10/h1-7,12-13H. The number of ketones is 1. The lowest BCUT2D eigenvalue weighted by Gasteiger charge is -1.98. The van der Waals surface area contributed by atoms with Crippen LogP contribution in [0.25, 0.3) is 0 Å². The minimum Gasteiger partial charge on any atom is -0.508 e. The number of aromatic nitrogens is 1. The summed E-state index contributed by atoms with van der Waals surface area (Å²) >= 11 is 0. The normalized spacial score (nSPS) is 10.0. The van der Waals surface area contributed by atoms with E-state index >= 15 is 0 Å². The molecule has 1 heterocycles. The van der Waals surface area contributed by atoms with E-state index in [1.807, 2.05) is 0 Å². The van der Waals surface area contributed by atoms with Gasteiger partial charge in [-0.05, 0) is 24.3 Å². The molecule has 0 aliphatic heterocycles. The molecule has 1 aromatic carbocycles. The maximum absolute atomic E-state index is 11.7. The Morgan fingerprint density at radius 3 is 2.71 bits per heavy atom. The van der Waals surface area contributed by atoms with Crippen LogP contribution in [-0.2, 0) is 0 Å². The predicted molar refractivity (Wildman–Crippen MR) is 52.3 cm³/mol. The molecule has 14 heavy (non-hydrogen) atoms. The number of carbonyl (C=O) groups is 1. The van der Waals surface area contributed by atoms with Gasteiger partial charge in [-0.15, -0.1) is 0 Å². The van der Waals surface area contributed by atoms with Crippen molar-refractivity contribution in [1.29, 1.82) is 0 Å². The number of hydrogen-bond donors (Lipinski definition) is 2. The fourth-order valence-corrected chi connectivity index (χ4v) is 1.27. The van der Waals surface area contributed by atoms with E-state index in [9.17, 15) is 9.90 Å². The molecule has 0 fully saturated rings. The number of carbonyl (C=O) groups excluding carboxylic acids is 1. The number of benzene rings is 1. The molecule has 0 radical (unpaired) electrons. The van der Waals surface area contributed by atoms with Crippen LogP contribution in [0.5, 0.6) is 5.75 Å². The van der Waals surface area contributed by atoms with Crippen LogP contribution in [0.1, 0.15) is 16.1 Å². The number of rotatable bonds is 2. The number of hydrogen-bond acceptors (Lipinski definition) is 2. The third kappa shape index (κ3) is 1.52. The van der Waals surface area contributed by atoms with Crippen molar-refractivity contribution in [1.82, 2.24) is 4.98 Å². The second kappa shape index (κ2) is 3.38. The molecule has 70 valence electrons. The van der Waals surface area contributed by atoms with Crippen molar-refractivity contribution in [2.24, 2.45) is 0 Å². The van der Waals surface area contributed by atoms with Gasteiger partial charge >= 0.3 is 0 Å². The molecule has 2 N–H and O–H groups in total. The summed E-state index contributed by atoms with van der Waals surface area (Å²) in [7, 11) is 0. The Bertz CT molecular complexity index is 446. The van der Waals surface area contributed by atoms with E-state index in [0.29, 0.717) is 11.3 Å². The molecular weight excluding hydrogens is 178 g/mol. The van der Waals surface area contributed by atoms with Crippen molar-refractivity contribution < 1.29 is 9.90 Å². The van der Waals surface area contributed by atoms with Crippen molar-refractivity contribution >= 4 is 5.78 Å². The van der Waals surface area contributed by atoms with Gasteiger partial charge in [-0.25, -0.2) is 0 Å². The minimum atomic E-state index is -0.120. The van der Waals surface area contributed by atoms with Crippen molar-refractivity contribution in [2.75, 3.05) is 0 Å². The lowest BCUT2D eigenvalue weighted by molar-refractivity contribution is 0.103. The average molecular weight is 187 g/mol. The summed E-state index contributed by atoms with van der Waals surface area (Å²) in [6.07, 6.45) is 1.69. The van der Waals surface area contributed by atoms with Crippen LogP contribution >= 0.6 is 0 Å². The van der Waals surface area contributed by atoms with Crippen molar-refractivity contribution in [3.05, 3.63) is 53.9 Å². The first-order chi connectivity index (χ1) is 6.77. The quantitative estimate of drug-likeness (QED) is 0.706. The van der Waals surface area contributed by atoms with E-state index in [1.54, 1.807) is 30.5 Å². The first-order valence-electron chi connectivity index (χ1n) is 4.24. The van der Waals surface area contributed by atoms with Gasteiger partial charge < -0.3 is 10.1 Å². The third-order valence-electron chi connectivity index (χ3n) is 1.95. The second-order valence-electron chi connectivity index (χ2n) is 2.96. The number of nitrogens with one attached hydrogen (secondary N) is 1. The molecule has 0 aliphatic carbocycles. The van der Waals surface area contributed by atoms with E-state index < -0.39 is 0 Å². The van der Waals surface area contributed by atoms with Crippen molar-refractivity contribution in [2.45, 2.75) is 0 Å². The topological polar surface area (TPSA) is 53.1 Å². The SMILES string of the molecule is O=C(c1cccc(O)c1)c1ccc[nH]1. The van der Waals surface area contributed by atoms with E-state index in [0.717, 1.165) is 0 Å². The van der Waals surface area contributed by atoms with Gasteiger partial charge in [0.1, 0.15) is 5.75 Å². The molecular formula is C11H9NO2. The molecule has 0 atom stereocenters. The van der Waals surface area contributed by atoms with Gasteiger partial charge in [-0.1, -0.05) is 12.1 Å². The number of H-pyrrole nitrogens is 1. The molecule has 0 bridgehead atoms. The largest absolute Gasteiger partial charge is 0.508 e. The molecule has 0 amide bonds. The first kappa shape index (κ1) is 8.56. The molecule has 0 spiro atoms. The predicted octanol–water partition coefficient (Wildman–Crippen LogP) is 1.95. The van der Waals surface area contributed by atoms with Crippen LogP contribution in [0, 0.1) is 0 Å². The molecule has 2 rings (SSSR count). The summed E-state index contributed by atoms with van der Waals surface area (Å²) in [5, 5.41) is 9.20. The number of aromatic amines is 1. The van der Waals surface area contributed by atoms with Gasteiger partial charge in [0.05, 0.1) is 5.69 Å². The second-order valence-corrected chi connectivity index (χ2v) is 2.96. The highest BCUT2D eigenvalue weighted by atomic mass is 16.3. The lowest BCUT2D eigenvalue weighted by Crippen LogP contribution is -2.00. The molecule has 3 nitrogen and oxygen atoms in total. The maximum Gasteiger partial charge on any atom is 0.209 e. The van der Waals surface area contributed by atoms with Gasteiger partial charge in [0.2, 0.25) is 5.78 Å². The highest BCUT2D eigenvalue weighted by Crippen LogP contribution is 2.14. The number of aromatic hydroxyl groups is 1. The Balaban J connectivity index is 2.37. The van der Waals surface area contributed by atoms with Gasteiger partial charge in [0.15, 0.2) is 0 Å². The van der Waals surface area contributed by atoms with E-state index in [-0.39, 0.29) is 11.5 Å². The average Bonchev–Trinajstić information content (AvgIpc) is 2.69. The zero-order valence-corrected chi connectivity index (χ0v) is 7.40. The van der Waals surface area contributed by atoms with Crippen LogP contribution in [0.15, 0.2) is 42.6 Å². The molecule has 2 aromatic rings. The Hall–Kier alpha value is -2.03. The first-order valence-corrected chi connectivity index (χ1v) is 4.24. The smallest absolute Gasteiger partial charge is 0.209 e. The van der Waals surface area contributed by atoms with Gasteiger partial charge in [-0.2, -0.15) is 0 Å². The Kier molecular flexibility index (Phi) is 2.07. The summed E-state index contributed by atoms with van der Waals surface area (Å²) in [6.45, 7) is 0. The van der Waals surface area contributed by atoms with Gasteiger partial charge in [0, 0.05) is 11.8 Å². The molecule has 0 unspecified atom stereocenters. The highest BCUT2D eigenvalue weighted by molar-refractivity contribution is 6.07. The van der Waals surface area contributed by atoms with E-state index in [1.165, 1.54) is 12.1 Å². The van der Waals surface area contributed by atoms with Gasteiger partial charge in [0.25, 0.3) is 0 Å². The third-order valence-corrected chi connectivity index (χ3v) is 1.95. The van der Waals surface area contributed by atoms with E-state index in [2.05, 4.69) is 4.98 Å². The lowest BCUT2D eigenvalue weighted by atomic mass is 10.1. The molecule has 1 aromatic heterocycles. The fourth-order valence-electron chi connectivity index (χ4n) is 1.27. The fraction of sp³-hybridized carbons (Fsp3) is 0. The van der Waals surface area contributed by atoms with Crippen molar-refractivity contribution in [3.8, 4) is 5.75 Å².